The quantitative estimate of drug-likeness (QED) is 0.736. The smallest absolute Gasteiger partial charge is 0.260 e. The molecule has 2 fully saturated rings. The molecule has 1 aromatic carbocycles. The van der Waals surface area contributed by atoms with E-state index in [1.807, 2.05) is 29.3 Å². The first-order chi connectivity index (χ1) is 14.2. The highest BCUT2D eigenvalue weighted by molar-refractivity contribution is 5.78. The number of ether oxygens (including phenoxy) is 2. The van der Waals surface area contributed by atoms with E-state index in [2.05, 4.69) is 14.8 Å². The Bertz CT molecular complexity index is 815. The zero-order valence-electron chi connectivity index (χ0n) is 16.8. The average Bonchev–Trinajstić information content (AvgIpc) is 3.33. The highest BCUT2D eigenvalue weighted by Gasteiger charge is 2.23. The van der Waals surface area contributed by atoms with E-state index in [1.165, 1.54) is 12.8 Å². The van der Waals surface area contributed by atoms with E-state index in [0.717, 1.165) is 43.7 Å². The molecule has 0 N–H and O–H groups in total. The van der Waals surface area contributed by atoms with Crippen LogP contribution < -0.4 is 19.3 Å². The summed E-state index contributed by atoms with van der Waals surface area (Å²) in [5.41, 5.74) is 0. The summed E-state index contributed by atoms with van der Waals surface area (Å²) in [4.78, 5) is 28.0. The third-order valence-corrected chi connectivity index (χ3v) is 5.40. The summed E-state index contributed by atoms with van der Waals surface area (Å²) in [7, 11) is 1.62. The van der Waals surface area contributed by atoms with Crippen LogP contribution in [0, 0.1) is 0 Å². The molecule has 1 aromatic heterocycles. The van der Waals surface area contributed by atoms with Crippen molar-refractivity contribution in [3.63, 3.8) is 0 Å². The molecule has 0 saturated carbocycles. The van der Waals surface area contributed by atoms with Gasteiger partial charge in [0.25, 0.3) is 5.91 Å². The number of benzene rings is 1. The van der Waals surface area contributed by atoms with Crippen molar-refractivity contribution in [3.8, 4) is 11.5 Å². The molecule has 0 radical (unpaired) electrons. The predicted octanol–water partition coefficient (Wildman–Crippen LogP) is 1.81. The highest BCUT2D eigenvalue weighted by atomic mass is 16.5. The molecule has 2 aromatic rings. The number of nitrogens with zero attached hydrogens (tertiary/aromatic N) is 5. The van der Waals surface area contributed by atoms with Crippen LogP contribution in [0.3, 0.4) is 0 Å². The van der Waals surface area contributed by atoms with Crippen LogP contribution in [0.2, 0.25) is 0 Å². The Morgan fingerprint density at radius 2 is 1.62 bits per heavy atom. The van der Waals surface area contributed by atoms with Gasteiger partial charge in [-0.1, -0.05) is 0 Å². The van der Waals surface area contributed by atoms with Crippen molar-refractivity contribution in [1.29, 1.82) is 0 Å². The maximum Gasteiger partial charge on any atom is 0.260 e. The molecule has 1 amide bonds. The summed E-state index contributed by atoms with van der Waals surface area (Å²) in [5, 5.41) is 0. The van der Waals surface area contributed by atoms with Gasteiger partial charge in [0.15, 0.2) is 6.61 Å². The molecule has 2 aliphatic heterocycles. The molecule has 8 nitrogen and oxygen atoms in total. The third-order valence-electron chi connectivity index (χ3n) is 5.40. The Kier molecular flexibility index (Phi) is 5.97. The van der Waals surface area contributed by atoms with Gasteiger partial charge in [-0.2, -0.15) is 4.98 Å². The van der Waals surface area contributed by atoms with Crippen LogP contribution in [0.1, 0.15) is 12.8 Å². The molecule has 8 heteroatoms. The summed E-state index contributed by atoms with van der Waals surface area (Å²) in [5.74, 6) is 3.17. The minimum absolute atomic E-state index is 0.000844. The first kappa shape index (κ1) is 19.3. The van der Waals surface area contributed by atoms with Gasteiger partial charge in [0.2, 0.25) is 5.95 Å². The lowest BCUT2D eigenvalue weighted by Crippen LogP contribution is -2.50. The number of hydrogen-bond donors (Lipinski definition) is 0. The molecule has 0 spiro atoms. The van der Waals surface area contributed by atoms with E-state index in [0.29, 0.717) is 18.8 Å². The van der Waals surface area contributed by atoms with E-state index in [9.17, 15) is 4.79 Å². The SMILES string of the molecule is COc1ccc(OCC(=O)N2CCN(c3ccnc(N4CCCC4)n3)CC2)cc1. The zero-order chi connectivity index (χ0) is 20.1. The monoisotopic (exact) mass is 397 g/mol. The standard InChI is InChI=1S/C21H27N5O3/c1-28-17-4-6-18(7-5-17)29-16-20(27)25-14-12-24(13-15-25)19-8-9-22-21(23-19)26-10-2-3-11-26/h4-9H,2-3,10-16H2,1H3. The third kappa shape index (κ3) is 4.70. The number of piperazine rings is 1. The lowest BCUT2D eigenvalue weighted by Gasteiger charge is -2.35. The van der Waals surface area contributed by atoms with Crippen molar-refractivity contribution in [1.82, 2.24) is 14.9 Å². The van der Waals surface area contributed by atoms with Crippen LogP contribution in [0.5, 0.6) is 11.5 Å². The van der Waals surface area contributed by atoms with Crippen molar-refractivity contribution < 1.29 is 14.3 Å². The molecule has 0 aliphatic carbocycles. The van der Waals surface area contributed by atoms with E-state index in [-0.39, 0.29) is 12.5 Å². The molecule has 3 heterocycles. The molecule has 29 heavy (non-hydrogen) atoms. The highest BCUT2D eigenvalue weighted by Crippen LogP contribution is 2.20. The topological polar surface area (TPSA) is 71.0 Å². The average molecular weight is 397 g/mol. The normalized spacial score (nSPS) is 16.8. The lowest BCUT2D eigenvalue weighted by atomic mass is 10.3. The summed E-state index contributed by atoms with van der Waals surface area (Å²) in [6.07, 6.45) is 4.23. The van der Waals surface area contributed by atoms with Gasteiger partial charge < -0.3 is 24.2 Å². The van der Waals surface area contributed by atoms with Crippen molar-refractivity contribution in [3.05, 3.63) is 36.5 Å². The fourth-order valence-corrected chi connectivity index (χ4v) is 3.68. The fraction of sp³-hybridized carbons (Fsp3) is 0.476. The largest absolute Gasteiger partial charge is 0.497 e. The van der Waals surface area contributed by atoms with E-state index in [1.54, 1.807) is 19.2 Å². The number of amides is 1. The first-order valence-corrected chi connectivity index (χ1v) is 10.1. The molecular formula is C21H27N5O3. The second-order valence-electron chi connectivity index (χ2n) is 7.24. The molecular weight excluding hydrogens is 370 g/mol. The van der Waals surface area contributed by atoms with E-state index >= 15 is 0 Å². The molecule has 154 valence electrons. The van der Waals surface area contributed by atoms with Crippen LogP contribution >= 0.6 is 0 Å². The van der Waals surface area contributed by atoms with Crippen molar-refractivity contribution >= 4 is 17.7 Å². The Hall–Kier alpha value is -3.03. The van der Waals surface area contributed by atoms with E-state index < -0.39 is 0 Å². The summed E-state index contributed by atoms with van der Waals surface area (Å²) >= 11 is 0. The van der Waals surface area contributed by atoms with Gasteiger partial charge >= 0.3 is 0 Å². The molecule has 2 saturated heterocycles. The van der Waals surface area contributed by atoms with Crippen LogP contribution in [-0.2, 0) is 4.79 Å². The Morgan fingerprint density at radius 1 is 0.931 bits per heavy atom. The van der Waals surface area contributed by atoms with Crippen molar-refractivity contribution in [2.45, 2.75) is 12.8 Å². The van der Waals surface area contributed by atoms with Crippen LogP contribution in [-0.4, -0.2) is 73.8 Å². The number of carbonyl (C=O) groups is 1. The second-order valence-corrected chi connectivity index (χ2v) is 7.24. The molecule has 4 rings (SSSR count). The Morgan fingerprint density at radius 3 is 2.31 bits per heavy atom. The number of rotatable bonds is 6. The van der Waals surface area contributed by atoms with Gasteiger partial charge in [0, 0.05) is 45.5 Å². The van der Waals surface area contributed by atoms with E-state index in [4.69, 9.17) is 14.5 Å². The van der Waals surface area contributed by atoms with Gasteiger partial charge in [0.1, 0.15) is 17.3 Å². The van der Waals surface area contributed by atoms with Gasteiger partial charge in [-0.05, 0) is 43.2 Å². The molecule has 0 unspecified atom stereocenters. The number of carbonyl (C=O) groups excluding carboxylic acids is 1. The minimum Gasteiger partial charge on any atom is -0.497 e. The van der Waals surface area contributed by atoms with Crippen LogP contribution in [0.4, 0.5) is 11.8 Å². The number of methoxy groups -OCH3 is 1. The first-order valence-electron chi connectivity index (χ1n) is 10.1. The number of aromatic nitrogens is 2. The second kappa shape index (κ2) is 8.98. The number of anilines is 2. The maximum atomic E-state index is 12.5. The van der Waals surface area contributed by atoms with Crippen LogP contribution in [0.15, 0.2) is 36.5 Å². The summed E-state index contributed by atoms with van der Waals surface area (Å²) < 4.78 is 10.7. The number of hydrogen-bond acceptors (Lipinski definition) is 7. The molecule has 0 bridgehead atoms. The molecule has 0 atom stereocenters. The van der Waals surface area contributed by atoms with Crippen molar-refractivity contribution in [2.75, 3.05) is 62.8 Å². The van der Waals surface area contributed by atoms with Gasteiger partial charge in [-0.25, -0.2) is 4.98 Å². The van der Waals surface area contributed by atoms with Gasteiger partial charge in [-0.15, -0.1) is 0 Å². The van der Waals surface area contributed by atoms with Gasteiger partial charge in [-0.3, -0.25) is 4.79 Å². The lowest BCUT2D eigenvalue weighted by molar-refractivity contribution is -0.133. The minimum atomic E-state index is 0.000844. The zero-order valence-corrected chi connectivity index (χ0v) is 16.8. The summed E-state index contributed by atoms with van der Waals surface area (Å²) in [6.45, 7) is 4.93. The van der Waals surface area contributed by atoms with Crippen molar-refractivity contribution in [2.24, 2.45) is 0 Å². The predicted molar refractivity (Wildman–Crippen MR) is 111 cm³/mol. The molecule has 2 aliphatic rings. The fourth-order valence-electron chi connectivity index (χ4n) is 3.68. The van der Waals surface area contributed by atoms with Crippen LogP contribution in [0.25, 0.3) is 0 Å². The Labute approximate surface area is 171 Å². The maximum absolute atomic E-state index is 12.5. The Balaban J connectivity index is 1.27. The van der Waals surface area contributed by atoms with Gasteiger partial charge in [0.05, 0.1) is 7.11 Å². The summed E-state index contributed by atoms with van der Waals surface area (Å²) in [6, 6.07) is 9.19.